The van der Waals surface area contributed by atoms with Crippen LogP contribution in [0.1, 0.15) is 18.4 Å². The molecule has 1 aromatic carbocycles. The maximum atomic E-state index is 13.8. The van der Waals surface area contributed by atoms with E-state index < -0.39 is 11.7 Å². The first-order valence-electron chi connectivity index (χ1n) is 9.28. The number of nitrogens with zero attached hydrogens (tertiary/aromatic N) is 4. The molecule has 3 aromatic rings. The minimum absolute atomic E-state index is 0.101. The van der Waals surface area contributed by atoms with Crippen LogP contribution in [0.25, 0.3) is 11.2 Å². The molecule has 0 unspecified atom stereocenters. The van der Waals surface area contributed by atoms with Gasteiger partial charge in [-0.25, -0.2) is 9.97 Å². The Bertz CT molecular complexity index is 1000. The van der Waals surface area contributed by atoms with Gasteiger partial charge >= 0.3 is 6.18 Å². The lowest BCUT2D eigenvalue weighted by molar-refractivity contribution is -0.137. The summed E-state index contributed by atoms with van der Waals surface area (Å²) in [5, 5.41) is 2.94. The van der Waals surface area contributed by atoms with Crippen LogP contribution in [0.3, 0.4) is 0 Å². The highest BCUT2D eigenvalue weighted by molar-refractivity contribution is 5.73. The van der Waals surface area contributed by atoms with Gasteiger partial charge in [0.15, 0.2) is 5.65 Å². The summed E-state index contributed by atoms with van der Waals surface area (Å²) in [6, 6.07) is 7.65. The zero-order valence-electron chi connectivity index (χ0n) is 15.8. The third kappa shape index (κ3) is 4.24. The van der Waals surface area contributed by atoms with Gasteiger partial charge in [-0.3, -0.25) is 4.98 Å². The molecule has 0 bridgehead atoms. The molecule has 9 heteroatoms. The Balaban J connectivity index is 1.61. The van der Waals surface area contributed by atoms with Gasteiger partial charge in [0.2, 0.25) is 0 Å². The van der Waals surface area contributed by atoms with Crippen molar-refractivity contribution in [2.24, 2.45) is 0 Å². The third-order valence-electron chi connectivity index (χ3n) is 5.02. The lowest BCUT2D eigenvalue weighted by atomic mass is 10.0. The van der Waals surface area contributed by atoms with Crippen LogP contribution in [-0.2, 0) is 10.9 Å². The fourth-order valence-electron chi connectivity index (χ4n) is 3.52. The van der Waals surface area contributed by atoms with Crippen molar-refractivity contribution in [3.63, 3.8) is 0 Å². The van der Waals surface area contributed by atoms with Crippen molar-refractivity contribution in [2.45, 2.75) is 25.1 Å². The number of ether oxygens (including phenoxy) is 1. The molecule has 29 heavy (non-hydrogen) atoms. The SMILES string of the molecule is COC1CCN(c2ccc(Nc3ccc4nccnc4n3)cc2C(F)(F)F)CC1. The summed E-state index contributed by atoms with van der Waals surface area (Å²) in [4.78, 5) is 14.3. The summed E-state index contributed by atoms with van der Waals surface area (Å²) < 4.78 is 46.6. The number of fused-ring (bicyclic) bond motifs is 1. The number of anilines is 3. The van der Waals surface area contributed by atoms with Crippen molar-refractivity contribution in [2.75, 3.05) is 30.4 Å². The first kappa shape index (κ1) is 19.4. The maximum Gasteiger partial charge on any atom is 0.418 e. The molecule has 0 atom stereocenters. The second-order valence-corrected chi connectivity index (χ2v) is 6.87. The van der Waals surface area contributed by atoms with Gasteiger partial charge in [-0.05, 0) is 43.2 Å². The fourth-order valence-corrected chi connectivity index (χ4v) is 3.52. The van der Waals surface area contributed by atoms with Crippen molar-refractivity contribution in [3.8, 4) is 0 Å². The van der Waals surface area contributed by atoms with E-state index in [0.717, 1.165) is 6.07 Å². The molecule has 152 valence electrons. The predicted octanol–water partition coefficient (Wildman–Crippen LogP) is 4.40. The Hall–Kier alpha value is -2.94. The molecule has 1 aliphatic rings. The summed E-state index contributed by atoms with van der Waals surface area (Å²) in [5.74, 6) is 0.403. The normalized spacial score (nSPS) is 15.7. The third-order valence-corrected chi connectivity index (χ3v) is 5.02. The number of halogens is 3. The van der Waals surface area contributed by atoms with Gasteiger partial charge in [-0.1, -0.05) is 0 Å². The molecule has 0 saturated carbocycles. The molecule has 1 N–H and O–H groups in total. The van der Waals surface area contributed by atoms with Gasteiger partial charge in [0.1, 0.15) is 11.3 Å². The van der Waals surface area contributed by atoms with Crippen molar-refractivity contribution in [1.82, 2.24) is 15.0 Å². The van der Waals surface area contributed by atoms with Gasteiger partial charge < -0.3 is 15.0 Å². The largest absolute Gasteiger partial charge is 0.418 e. The van der Waals surface area contributed by atoms with E-state index in [0.29, 0.717) is 48.6 Å². The number of methoxy groups -OCH3 is 1. The second-order valence-electron chi connectivity index (χ2n) is 6.87. The zero-order valence-corrected chi connectivity index (χ0v) is 15.8. The Morgan fingerprint density at radius 1 is 1.07 bits per heavy atom. The quantitative estimate of drug-likeness (QED) is 0.697. The summed E-state index contributed by atoms with van der Waals surface area (Å²) in [6.07, 6.45) is 0.117. The van der Waals surface area contributed by atoms with E-state index in [1.165, 1.54) is 12.3 Å². The van der Waals surface area contributed by atoms with Crippen molar-refractivity contribution >= 4 is 28.4 Å². The summed E-state index contributed by atoms with van der Waals surface area (Å²) in [7, 11) is 1.63. The molecule has 1 saturated heterocycles. The van der Waals surface area contributed by atoms with Crippen molar-refractivity contribution in [3.05, 3.63) is 48.3 Å². The zero-order chi connectivity index (χ0) is 20.4. The standard InChI is InChI=1S/C20H20F3N5O/c1-29-14-6-10-28(11-7-14)17-4-2-13(12-15(17)20(21,22)23)26-18-5-3-16-19(27-18)25-9-8-24-16/h2-5,8-9,12,14H,6-7,10-11H2,1H3,(H,25,26,27). The number of hydrogen-bond donors (Lipinski definition) is 1. The highest BCUT2D eigenvalue weighted by atomic mass is 19.4. The predicted molar refractivity (Wildman–Crippen MR) is 104 cm³/mol. The molecule has 6 nitrogen and oxygen atoms in total. The van der Waals surface area contributed by atoms with Crippen LogP contribution in [0.5, 0.6) is 0 Å². The van der Waals surface area contributed by atoms with E-state index in [-0.39, 0.29) is 11.8 Å². The van der Waals surface area contributed by atoms with E-state index >= 15 is 0 Å². The lowest BCUT2D eigenvalue weighted by Crippen LogP contribution is -2.37. The number of benzene rings is 1. The molecule has 1 fully saturated rings. The smallest absolute Gasteiger partial charge is 0.381 e. The van der Waals surface area contributed by atoms with Crippen molar-refractivity contribution < 1.29 is 17.9 Å². The number of piperidine rings is 1. The summed E-state index contributed by atoms with van der Waals surface area (Å²) in [5.41, 5.74) is 0.868. The molecule has 0 spiro atoms. The van der Waals surface area contributed by atoms with Crippen molar-refractivity contribution in [1.29, 1.82) is 0 Å². The number of alkyl halides is 3. The highest BCUT2D eigenvalue weighted by Crippen LogP contribution is 2.39. The molecule has 4 rings (SSSR count). The molecular weight excluding hydrogens is 383 g/mol. The fraction of sp³-hybridized carbons (Fsp3) is 0.350. The minimum Gasteiger partial charge on any atom is -0.381 e. The second kappa shape index (κ2) is 7.82. The number of hydrogen-bond acceptors (Lipinski definition) is 6. The van der Waals surface area contributed by atoms with Gasteiger partial charge in [0.05, 0.1) is 11.7 Å². The van der Waals surface area contributed by atoms with Crippen LogP contribution in [0, 0.1) is 0 Å². The van der Waals surface area contributed by atoms with Crippen LogP contribution in [0.4, 0.5) is 30.4 Å². The number of rotatable bonds is 4. The minimum atomic E-state index is -4.46. The van der Waals surface area contributed by atoms with E-state index in [2.05, 4.69) is 20.3 Å². The van der Waals surface area contributed by atoms with Gasteiger partial charge in [-0.15, -0.1) is 0 Å². The monoisotopic (exact) mass is 403 g/mol. The molecule has 0 amide bonds. The maximum absolute atomic E-state index is 13.8. The topological polar surface area (TPSA) is 63.2 Å². The molecule has 1 aliphatic heterocycles. The van der Waals surface area contributed by atoms with Crippen LogP contribution >= 0.6 is 0 Å². The average Bonchev–Trinajstić information content (AvgIpc) is 2.73. The molecule has 2 aromatic heterocycles. The van der Waals surface area contributed by atoms with E-state index in [1.807, 2.05) is 0 Å². The van der Waals surface area contributed by atoms with E-state index in [1.54, 1.807) is 36.4 Å². The average molecular weight is 403 g/mol. The number of aromatic nitrogens is 3. The Labute approximate surface area is 165 Å². The Morgan fingerprint density at radius 3 is 2.55 bits per heavy atom. The van der Waals surface area contributed by atoms with Crippen LogP contribution < -0.4 is 10.2 Å². The van der Waals surface area contributed by atoms with Gasteiger partial charge in [-0.2, -0.15) is 13.2 Å². The van der Waals surface area contributed by atoms with E-state index in [9.17, 15) is 13.2 Å². The Morgan fingerprint density at radius 2 is 1.83 bits per heavy atom. The highest BCUT2D eigenvalue weighted by Gasteiger charge is 2.36. The molecule has 0 aliphatic carbocycles. The molecular formula is C20H20F3N5O. The first-order chi connectivity index (χ1) is 13.9. The number of nitrogens with one attached hydrogen (secondary N) is 1. The van der Waals surface area contributed by atoms with Gasteiger partial charge in [0, 0.05) is 44.0 Å². The lowest BCUT2D eigenvalue weighted by Gasteiger charge is -2.34. The number of pyridine rings is 1. The van der Waals surface area contributed by atoms with E-state index in [4.69, 9.17) is 4.74 Å². The van der Waals surface area contributed by atoms with Crippen LogP contribution in [0.2, 0.25) is 0 Å². The van der Waals surface area contributed by atoms with Crippen LogP contribution in [-0.4, -0.2) is 41.3 Å². The van der Waals surface area contributed by atoms with Gasteiger partial charge in [0.25, 0.3) is 0 Å². The van der Waals surface area contributed by atoms with Crippen LogP contribution in [0.15, 0.2) is 42.7 Å². The summed E-state index contributed by atoms with van der Waals surface area (Å²) >= 11 is 0. The Kier molecular flexibility index (Phi) is 5.23. The molecule has 3 heterocycles. The summed E-state index contributed by atoms with van der Waals surface area (Å²) in [6.45, 7) is 1.05. The molecule has 0 radical (unpaired) electrons. The first-order valence-corrected chi connectivity index (χ1v) is 9.28.